The van der Waals surface area contributed by atoms with Crippen molar-refractivity contribution in [3.8, 4) is 5.75 Å². The molecule has 8 nitrogen and oxygen atoms in total. The quantitative estimate of drug-likeness (QED) is 0.711. The lowest BCUT2D eigenvalue weighted by Gasteiger charge is -2.31. The summed E-state index contributed by atoms with van der Waals surface area (Å²) < 4.78 is 26.3. The first-order valence-corrected chi connectivity index (χ1v) is 11.2. The maximum absolute atomic E-state index is 13.0. The average Bonchev–Trinajstić information content (AvgIpc) is 3.18. The third-order valence-electron chi connectivity index (χ3n) is 6.31. The van der Waals surface area contributed by atoms with Crippen molar-refractivity contribution < 1.29 is 26.6 Å². The number of piperidine rings is 1. The largest absolute Gasteiger partial charge is 0.489 e. The van der Waals surface area contributed by atoms with E-state index in [0.29, 0.717) is 42.9 Å². The molecule has 2 aromatic rings. The minimum atomic E-state index is -1.35. The maximum atomic E-state index is 13.0. The molecule has 5 rings (SSSR count). The molecule has 1 N–H and O–H groups in total. The van der Waals surface area contributed by atoms with Gasteiger partial charge in [0.15, 0.2) is 0 Å². The Balaban J connectivity index is 1.22. The van der Waals surface area contributed by atoms with Crippen LogP contribution in [-0.4, -0.2) is 53.3 Å². The zero-order valence-corrected chi connectivity index (χ0v) is 18.7. The number of fused-ring (bicyclic) bond motifs is 1. The molecule has 0 aromatic heterocycles. The monoisotopic (exact) mass is 463 g/mol. The number of carbonyl (C=O) groups is 3. The normalized spacial score (nSPS) is 25.6. The molecule has 3 amide bonds. The van der Waals surface area contributed by atoms with E-state index in [4.69, 9.17) is 12.2 Å². The van der Waals surface area contributed by atoms with Crippen molar-refractivity contribution in [1.82, 2.24) is 15.1 Å². The van der Waals surface area contributed by atoms with Crippen LogP contribution >= 0.6 is 0 Å². The van der Waals surface area contributed by atoms with Gasteiger partial charge >= 0.3 is 0 Å². The molecule has 8 heteroatoms. The first-order valence-electron chi connectivity index (χ1n) is 12.4. The van der Waals surface area contributed by atoms with Crippen molar-refractivity contribution in [3.05, 3.63) is 77.0 Å². The summed E-state index contributed by atoms with van der Waals surface area (Å²) >= 11 is 0. The number of nitrogens with one attached hydrogen (secondary N) is 1. The van der Waals surface area contributed by atoms with Gasteiger partial charge in [-0.15, -0.1) is 0 Å². The van der Waals surface area contributed by atoms with Gasteiger partial charge in [0.1, 0.15) is 25.0 Å². The van der Waals surface area contributed by atoms with Crippen LogP contribution in [-0.2, 0) is 34.0 Å². The van der Waals surface area contributed by atoms with E-state index in [1.807, 2.05) is 30.3 Å². The van der Waals surface area contributed by atoms with Gasteiger partial charge in [-0.05, 0) is 36.1 Å². The Labute approximate surface area is 200 Å². The van der Waals surface area contributed by atoms with Crippen molar-refractivity contribution >= 4 is 17.7 Å². The predicted molar refractivity (Wildman–Crippen MR) is 124 cm³/mol. The van der Waals surface area contributed by atoms with E-state index >= 15 is 0 Å². The number of amides is 3. The topological polar surface area (TPSA) is 88.2 Å². The van der Waals surface area contributed by atoms with Crippen LogP contribution in [0.5, 0.6) is 5.75 Å². The number of nitrogens with zero attached hydrogens (tertiary/aromatic N) is 2. The van der Waals surface area contributed by atoms with Crippen LogP contribution in [0, 0.1) is 0 Å². The van der Waals surface area contributed by atoms with E-state index in [9.17, 15) is 14.4 Å². The van der Waals surface area contributed by atoms with Crippen LogP contribution < -0.4 is 10.1 Å². The highest BCUT2D eigenvalue weighted by Crippen LogP contribution is 2.34. The fourth-order valence-corrected chi connectivity index (χ4v) is 4.44. The Bertz CT molecular complexity index is 1220. The Morgan fingerprint density at radius 1 is 1.15 bits per heavy atom. The fraction of sp³-hybridized carbons (Fsp3) is 0.346. The number of morpholine rings is 1. The summed E-state index contributed by atoms with van der Waals surface area (Å²) in [5.74, 6) is -0.210. The van der Waals surface area contributed by atoms with Gasteiger partial charge in [-0.2, -0.15) is 0 Å². The summed E-state index contributed by atoms with van der Waals surface area (Å²) in [6.07, 6.45) is 1.19. The van der Waals surface area contributed by atoms with Crippen LogP contribution in [0.15, 0.2) is 54.7 Å². The van der Waals surface area contributed by atoms with E-state index in [0.717, 1.165) is 16.7 Å². The molecule has 3 atom stereocenters. The summed E-state index contributed by atoms with van der Waals surface area (Å²) in [7, 11) is 0. The number of carbonyl (C=O) groups excluding carboxylic acids is 3. The standard InChI is InChI=1S/C26H27N3O5/c1-17-5-10-22(25(31)27-17)29-14-21-20(26(29)32)3-2-4-23(21)34-15-19-8-6-18(7-9-19)13-28-11-12-33-16-24(28)30/h2-4,6-9,22H,1,5,10-16H2,(H,27,31)/i12D,16D. The first kappa shape index (κ1) is 19.8. The van der Waals surface area contributed by atoms with E-state index in [1.54, 1.807) is 17.0 Å². The fourth-order valence-electron chi connectivity index (χ4n) is 4.44. The van der Waals surface area contributed by atoms with Crippen molar-refractivity contribution in [3.63, 3.8) is 0 Å². The van der Waals surface area contributed by atoms with Gasteiger partial charge in [0.05, 0.1) is 15.9 Å². The lowest BCUT2D eigenvalue weighted by molar-refractivity contribution is -0.143. The Hall–Kier alpha value is -3.65. The van der Waals surface area contributed by atoms with Gasteiger partial charge in [-0.3, -0.25) is 14.4 Å². The average molecular weight is 464 g/mol. The van der Waals surface area contributed by atoms with Gasteiger partial charge < -0.3 is 24.6 Å². The van der Waals surface area contributed by atoms with Gasteiger partial charge in [0.25, 0.3) is 5.91 Å². The molecule has 3 heterocycles. The van der Waals surface area contributed by atoms with E-state index in [2.05, 4.69) is 11.9 Å². The molecule has 2 fully saturated rings. The summed E-state index contributed by atoms with van der Waals surface area (Å²) in [5, 5.41) is 2.75. The van der Waals surface area contributed by atoms with Crippen LogP contribution in [0.25, 0.3) is 0 Å². The second-order valence-electron chi connectivity index (χ2n) is 8.61. The molecule has 3 aliphatic heterocycles. The molecule has 0 bridgehead atoms. The maximum Gasteiger partial charge on any atom is 0.255 e. The summed E-state index contributed by atoms with van der Waals surface area (Å²) in [6.45, 7) is 2.57. The van der Waals surface area contributed by atoms with Crippen LogP contribution in [0.4, 0.5) is 0 Å². The molecule has 176 valence electrons. The molecule has 3 aliphatic rings. The number of ether oxygens (including phenoxy) is 2. The highest BCUT2D eigenvalue weighted by Gasteiger charge is 2.39. The Morgan fingerprint density at radius 2 is 1.94 bits per heavy atom. The minimum Gasteiger partial charge on any atom is -0.489 e. The summed E-state index contributed by atoms with van der Waals surface area (Å²) in [5.41, 5.74) is 3.79. The van der Waals surface area contributed by atoms with Gasteiger partial charge in [-0.25, -0.2) is 0 Å². The second kappa shape index (κ2) is 9.30. The van der Waals surface area contributed by atoms with E-state index in [1.165, 1.54) is 4.90 Å². The molecular weight excluding hydrogens is 434 g/mol. The zero-order valence-electron chi connectivity index (χ0n) is 20.7. The first-order chi connectivity index (χ1) is 17.3. The minimum absolute atomic E-state index is 0.130. The van der Waals surface area contributed by atoms with Gasteiger partial charge in [-0.1, -0.05) is 36.9 Å². The van der Waals surface area contributed by atoms with Crippen molar-refractivity contribution in [2.75, 3.05) is 19.7 Å². The Morgan fingerprint density at radius 3 is 2.74 bits per heavy atom. The molecule has 2 aromatic carbocycles. The van der Waals surface area contributed by atoms with E-state index in [-0.39, 0.29) is 25.0 Å². The molecular formula is C26H27N3O5. The molecule has 0 saturated carbocycles. The van der Waals surface area contributed by atoms with E-state index < -0.39 is 25.1 Å². The molecule has 0 aliphatic carbocycles. The smallest absolute Gasteiger partial charge is 0.255 e. The SMILES string of the molecule is [2H]C1CN(Cc2ccc(COc3cccc4c3CN(C3CCC(=C)NC3=O)C4=O)cc2)C(=O)C([2H])O1. The molecule has 34 heavy (non-hydrogen) atoms. The third-order valence-corrected chi connectivity index (χ3v) is 6.31. The highest BCUT2D eigenvalue weighted by atomic mass is 16.5. The van der Waals surface area contributed by atoms with Crippen LogP contribution in [0.1, 0.15) is 42.6 Å². The lowest BCUT2D eigenvalue weighted by atomic mass is 10.0. The number of hydrogen-bond acceptors (Lipinski definition) is 5. The van der Waals surface area contributed by atoms with Gasteiger partial charge in [0, 0.05) is 29.9 Å². The molecule has 0 radical (unpaired) electrons. The predicted octanol–water partition coefficient (Wildman–Crippen LogP) is 2.37. The number of benzene rings is 2. The summed E-state index contributed by atoms with van der Waals surface area (Å²) in [6, 6.07) is 12.4. The second-order valence-corrected chi connectivity index (χ2v) is 8.61. The molecule has 3 unspecified atom stereocenters. The lowest BCUT2D eigenvalue weighted by Crippen LogP contribution is -2.49. The van der Waals surface area contributed by atoms with Crippen LogP contribution in [0.3, 0.4) is 0 Å². The van der Waals surface area contributed by atoms with Crippen molar-refractivity contribution in [2.45, 2.75) is 38.6 Å². The molecule has 2 saturated heterocycles. The van der Waals surface area contributed by atoms with Gasteiger partial charge in [0.2, 0.25) is 11.8 Å². The number of allylic oxidation sites excluding steroid dienone is 1. The zero-order chi connectivity index (χ0) is 25.4. The third kappa shape index (κ3) is 4.41. The van der Waals surface area contributed by atoms with Crippen molar-refractivity contribution in [2.24, 2.45) is 0 Å². The van der Waals surface area contributed by atoms with Crippen LogP contribution in [0.2, 0.25) is 0 Å². The Kier molecular flexibility index (Phi) is 5.42. The molecule has 0 spiro atoms. The number of hydrogen-bond donors (Lipinski definition) is 1. The summed E-state index contributed by atoms with van der Waals surface area (Å²) in [4.78, 5) is 40.7. The van der Waals surface area contributed by atoms with Crippen molar-refractivity contribution in [1.29, 1.82) is 0 Å². The number of rotatable bonds is 6. The highest BCUT2D eigenvalue weighted by molar-refractivity contribution is 6.02.